The standard InChI is InChI=1S/C12H23NO2/c1-5-6-7-8-13-11(9-10(2)3)12(14)15-4/h5,10-11,13H,1,6-9H2,2-4H3. The molecule has 0 aliphatic rings. The van der Waals surface area contributed by atoms with Crippen molar-refractivity contribution in [3.05, 3.63) is 12.7 Å². The monoisotopic (exact) mass is 213 g/mol. The topological polar surface area (TPSA) is 38.3 Å². The van der Waals surface area contributed by atoms with Crippen LogP contribution >= 0.6 is 0 Å². The number of carbonyl (C=O) groups excluding carboxylic acids is 1. The minimum Gasteiger partial charge on any atom is -0.468 e. The van der Waals surface area contributed by atoms with Gasteiger partial charge in [-0.2, -0.15) is 0 Å². The Hall–Kier alpha value is -0.830. The Morgan fingerprint density at radius 1 is 1.53 bits per heavy atom. The molecule has 0 aliphatic carbocycles. The van der Waals surface area contributed by atoms with Crippen LogP contribution in [0.25, 0.3) is 0 Å². The average molecular weight is 213 g/mol. The molecule has 88 valence electrons. The van der Waals surface area contributed by atoms with Crippen molar-refractivity contribution in [1.82, 2.24) is 5.32 Å². The highest BCUT2D eigenvalue weighted by Gasteiger charge is 2.18. The zero-order valence-corrected chi connectivity index (χ0v) is 10.1. The Bertz CT molecular complexity index is 190. The van der Waals surface area contributed by atoms with Crippen molar-refractivity contribution in [1.29, 1.82) is 0 Å². The molecule has 0 aromatic heterocycles. The molecule has 1 N–H and O–H groups in total. The SMILES string of the molecule is C=CCCCNC(CC(C)C)C(=O)OC. The number of esters is 1. The third kappa shape index (κ3) is 7.14. The number of unbranched alkanes of at least 4 members (excludes halogenated alkanes) is 1. The zero-order chi connectivity index (χ0) is 11.7. The number of methoxy groups -OCH3 is 1. The van der Waals surface area contributed by atoms with E-state index in [1.807, 2.05) is 6.08 Å². The Labute approximate surface area is 92.9 Å². The first-order chi connectivity index (χ1) is 7.11. The highest BCUT2D eigenvalue weighted by Crippen LogP contribution is 2.06. The molecule has 0 bridgehead atoms. The molecular formula is C12H23NO2. The second kappa shape index (κ2) is 8.48. The van der Waals surface area contributed by atoms with Gasteiger partial charge in [0, 0.05) is 0 Å². The summed E-state index contributed by atoms with van der Waals surface area (Å²) in [7, 11) is 1.43. The maximum absolute atomic E-state index is 11.4. The molecule has 15 heavy (non-hydrogen) atoms. The first kappa shape index (κ1) is 14.2. The molecule has 0 amide bonds. The van der Waals surface area contributed by atoms with Gasteiger partial charge in [-0.1, -0.05) is 19.9 Å². The van der Waals surface area contributed by atoms with Crippen LogP contribution in [0.5, 0.6) is 0 Å². The normalized spacial score (nSPS) is 12.5. The summed E-state index contributed by atoms with van der Waals surface area (Å²) in [5, 5.41) is 3.21. The van der Waals surface area contributed by atoms with Crippen LogP contribution in [-0.2, 0) is 9.53 Å². The molecule has 3 nitrogen and oxygen atoms in total. The Kier molecular flexibility index (Phi) is 8.01. The maximum atomic E-state index is 11.4. The predicted octanol–water partition coefficient (Wildman–Crippen LogP) is 2.13. The lowest BCUT2D eigenvalue weighted by molar-refractivity contribution is -0.143. The minimum atomic E-state index is -0.167. The van der Waals surface area contributed by atoms with Gasteiger partial charge < -0.3 is 10.1 Å². The largest absolute Gasteiger partial charge is 0.468 e. The van der Waals surface area contributed by atoms with Gasteiger partial charge >= 0.3 is 5.97 Å². The Balaban J connectivity index is 3.90. The number of rotatable bonds is 8. The van der Waals surface area contributed by atoms with Gasteiger partial charge in [-0.05, 0) is 31.7 Å². The van der Waals surface area contributed by atoms with Gasteiger partial charge in [-0.3, -0.25) is 4.79 Å². The molecule has 0 spiro atoms. The van der Waals surface area contributed by atoms with Crippen LogP contribution in [-0.4, -0.2) is 25.7 Å². The molecule has 0 radical (unpaired) electrons. The van der Waals surface area contributed by atoms with E-state index in [0.717, 1.165) is 25.8 Å². The van der Waals surface area contributed by atoms with Crippen molar-refractivity contribution in [3.63, 3.8) is 0 Å². The van der Waals surface area contributed by atoms with E-state index in [1.54, 1.807) is 0 Å². The van der Waals surface area contributed by atoms with E-state index in [2.05, 4.69) is 25.7 Å². The maximum Gasteiger partial charge on any atom is 0.322 e. The van der Waals surface area contributed by atoms with Crippen molar-refractivity contribution in [2.24, 2.45) is 5.92 Å². The highest BCUT2D eigenvalue weighted by atomic mass is 16.5. The molecule has 0 fully saturated rings. The number of ether oxygens (including phenoxy) is 1. The Morgan fingerprint density at radius 3 is 2.67 bits per heavy atom. The third-order valence-corrected chi connectivity index (χ3v) is 2.17. The van der Waals surface area contributed by atoms with Crippen molar-refractivity contribution >= 4 is 5.97 Å². The second-order valence-electron chi connectivity index (χ2n) is 4.09. The van der Waals surface area contributed by atoms with Crippen LogP contribution in [0.2, 0.25) is 0 Å². The lowest BCUT2D eigenvalue weighted by Crippen LogP contribution is -2.39. The fourth-order valence-corrected chi connectivity index (χ4v) is 1.40. The van der Waals surface area contributed by atoms with Crippen LogP contribution in [0.4, 0.5) is 0 Å². The summed E-state index contributed by atoms with van der Waals surface area (Å²) in [5.41, 5.74) is 0. The van der Waals surface area contributed by atoms with Gasteiger partial charge in [-0.15, -0.1) is 6.58 Å². The fraction of sp³-hybridized carbons (Fsp3) is 0.750. The van der Waals surface area contributed by atoms with E-state index < -0.39 is 0 Å². The van der Waals surface area contributed by atoms with Gasteiger partial charge in [0.2, 0.25) is 0 Å². The molecule has 1 atom stereocenters. The summed E-state index contributed by atoms with van der Waals surface area (Å²) >= 11 is 0. The lowest BCUT2D eigenvalue weighted by atomic mass is 10.0. The smallest absolute Gasteiger partial charge is 0.322 e. The molecule has 0 aromatic carbocycles. The average Bonchev–Trinajstić information content (AvgIpc) is 2.21. The molecule has 0 saturated carbocycles. The van der Waals surface area contributed by atoms with Crippen LogP contribution in [0.1, 0.15) is 33.1 Å². The van der Waals surface area contributed by atoms with E-state index in [1.165, 1.54) is 7.11 Å². The van der Waals surface area contributed by atoms with E-state index in [9.17, 15) is 4.79 Å². The Morgan fingerprint density at radius 2 is 2.20 bits per heavy atom. The van der Waals surface area contributed by atoms with Crippen molar-refractivity contribution in [2.75, 3.05) is 13.7 Å². The van der Waals surface area contributed by atoms with Crippen molar-refractivity contribution in [3.8, 4) is 0 Å². The molecule has 0 aromatic rings. The molecule has 1 unspecified atom stereocenters. The molecule has 3 heteroatoms. The second-order valence-corrected chi connectivity index (χ2v) is 4.09. The summed E-state index contributed by atoms with van der Waals surface area (Å²) < 4.78 is 4.75. The van der Waals surface area contributed by atoms with Crippen molar-refractivity contribution < 1.29 is 9.53 Å². The summed E-state index contributed by atoms with van der Waals surface area (Å²) in [6, 6.07) is -0.167. The number of hydrogen-bond donors (Lipinski definition) is 1. The van der Waals surface area contributed by atoms with E-state index >= 15 is 0 Å². The number of allylic oxidation sites excluding steroid dienone is 1. The molecular weight excluding hydrogens is 190 g/mol. The summed E-state index contributed by atoms with van der Waals surface area (Å²) in [6.07, 6.45) is 4.69. The van der Waals surface area contributed by atoms with Crippen LogP contribution < -0.4 is 5.32 Å². The highest BCUT2D eigenvalue weighted by molar-refractivity contribution is 5.75. The first-order valence-electron chi connectivity index (χ1n) is 5.54. The lowest BCUT2D eigenvalue weighted by Gasteiger charge is -2.17. The molecule has 0 rings (SSSR count). The summed E-state index contributed by atoms with van der Waals surface area (Å²) in [6.45, 7) is 8.69. The van der Waals surface area contributed by atoms with Crippen LogP contribution in [0, 0.1) is 5.92 Å². The van der Waals surface area contributed by atoms with Gasteiger partial charge in [0.25, 0.3) is 0 Å². The molecule has 0 saturated heterocycles. The van der Waals surface area contributed by atoms with Gasteiger partial charge in [0.15, 0.2) is 0 Å². The van der Waals surface area contributed by atoms with E-state index in [-0.39, 0.29) is 12.0 Å². The molecule has 0 aliphatic heterocycles. The number of carbonyl (C=O) groups is 1. The number of nitrogens with one attached hydrogen (secondary N) is 1. The fourth-order valence-electron chi connectivity index (χ4n) is 1.40. The quantitative estimate of drug-likeness (QED) is 0.381. The van der Waals surface area contributed by atoms with E-state index in [4.69, 9.17) is 4.74 Å². The van der Waals surface area contributed by atoms with Crippen LogP contribution in [0.3, 0.4) is 0 Å². The molecule has 0 heterocycles. The summed E-state index contributed by atoms with van der Waals surface area (Å²) in [4.78, 5) is 11.4. The first-order valence-corrected chi connectivity index (χ1v) is 5.54. The number of hydrogen-bond acceptors (Lipinski definition) is 3. The summed E-state index contributed by atoms with van der Waals surface area (Å²) in [5.74, 6) is 0.323. The van der Waals surface area contributed by atoms with Crippen molar-refractivity contribution in [2.45, 2.75) is 39.2 Å². The van der Waals surface area contributed by atoms with Crippen LogP contribution in [0.15, 0.2) is 12.7 Å². The van der Waals surface area contributed by atoms with Gasteiger partial charge in [0.05, 0.1) is 7.11 Å². The van der Waals surface area contributed by atoms with Gasteiger partial charge in [-0.25, -0.2) is 0 Å². The van der Waals surface area contributed by atoms with Gasteiger partial charge in [0.1, 0.15) is 6.04 Å². The zero-order valence-electron chi connectivity index (χ0n) is 10.1. The predicted molar refractivity (Wildman–Crippen MR) is 62.7 cm³/mol. The van der Waals surface area contributed by atoms with E-state index in [0.29, 0.717) is 5.92 Å². The minimum absolute atomic E-state index is 0.165. The third-order valence-electron chi connectivity index (χ3n) is 2.17.